The van der Waals surface area contributed by atoms with E-state index >= 15 is 0 Å². The molecule has 0 unspecified atom stereocenters. The molecule has 1 aromatic carbocycles. The van der Waals surface area contributed by atoms with Crippen LogP contribution in [0, 0.1) is 0 Å². The molecule has 4 aromatic rings. The third kappa shape index (κ3) is 5.47. The van der Waals surface area contributed by atoms with Crippen molar-refractivity contribution in [3.63, 3.8) is 0 Å². The van der Waals surface area contributed by atoms with Crippen molar-refractivity contribution in [3.05, 3.63) is 70.6 Å². The van der Waals surface area contributed by atoms with Crippen molar-refractivity contribution in [3.8, 4) is 11.5 Å². The van der Waals surface area contributed by atoms with E-state index in [-0.39, 0.29) is 30.2 Å². The monoisotopic (exact) mass is 476 g/mol. The Morgan fingerprint density at radius 1 is 1.09 bits per heavy atom. The lowest BCUT2D eigenvalue weighted by molar-refractivity contribution is -0.136. The summed E-state index contributed by atoms with van der Waals surface area (Å²) in [6.45, 7) is 0. The summed E-state index contributed by atoms with van der Waals surface area (Å²) in [5.74, 6) is -0.921. The maximum absolute atomic E-state index is 13.6. The molecule has 0 atom stereocenters. The standard InChI is InChI=1S/C21H15F3N4O4S/c22-21(23,24)14-10-13(25-19(30)16-2-1-8-31-16)3-4-15(14)26-17(29)5-6-18-27-28-20(32-18)12-7-9-33-11-12/h1-4,7-11H,5-6H2,(H,25,30)(H,26,29). The summed E-state index contributed by atoms with van der Waals surface area (Å²) in [6.07, 6.45) is -3.61. The van der Waals surface area contributed by atoms with Gasteiger partial charge < -0.3 is 19.5 Å². The summed E-state index contributed by atoms with van der Waals surface area (Å²) in [4.78, 5) is 24.3. The number of hydrogen-bond donors (Lipinski definition) is 2. The van der Waals surface area contributed by atoms with Gasteiger partial charge in [-0.2, -0.15) is 24.5 Å². The molecule has 0 aliphatic carbocycles. The second-order valence-electron chi connectivity index (χ2n) is 6.75. The molecule has 3 aromatic heterocycles. The number of carbonyl (C=O) groups excluding carboxylic acids is 2. The maximum Gasteiger partial charge on any atom is 0.418 e. The number of aromatic nitrogens is 2. The maximum atomic E-state index is 13.6. The lowest BCUT2D eigenvalue weighted by Gasteiger charge is -2.15. The Hall–Kier alpha value is -3.93. The number of thiophene rings is 1. The van der Waals surface area contributed by atoms with Crippen LogP contribution in [0.25, 0.3) is 11.5 Å². The smallest absolute Gasteiger partial charge is 0.418 e. The first kappa shape index (κ1) is 22.3. The summed E-state index contributed by atoms with van der Waals surface area (Å²) in [5, 5.41) is 16.0. The first-order valence-corrected chi connectivity index (χ1v) is 10.4. The largest absolute Gasteiger partial charge is 0.459 e. The molecule has 4 rings (SSSR count). The first-order chi connectivity index (χ1) is 15.8. The van der Waals surface area contributed by atoms with Crippen LogP contribution in [0.4, 0.5) is 24.5 Å². The van der Waals surface area contributed by atoms with Gasteiger partial charge in [0.1, 0.15) is 0 Å². The zero-order valence-electron chi connectivity index (χ0n) is 16.7. The summed E-state index contributed by atoms with van der Waals surface area (Å²) in [6, 6.07) is 7.71. The lowest BCUT2D eigenvalue weighted by atomic mass is 10.1. The van der Waals surface area contributed by atoms with Gasteiger partial charge in [-0.25, -0.2) is 0 Å². The number of anilines is 2. The van der Waals surface area contributed by atoms with Crippen LogP contribution < -0.4 is 10.6 Å². The van der Waals surface area contributed by atoms with Gasteiger partial charge in [-0.3, -0.25) is 9.59 Å². The number of rotatable bonds is 7. The molecule has 3 heterocycles. The third-order valence-electron chi connectivity index (χ3n) is 4.40. The quantitative estimate of drug-likeness (QED) is 0.378. The number of nitrogens with one attached hydrogen (secondary N) is 2. The van der Waals surface area contributed by atoms with Crippen LogP contribution in [0.1, 0.15) is 28.4 Å². The third-order valence-corrected chi connectivity index (χ3v) is 5.09. The highest BCUT2D eigenvalue weighted by molar-refractivity contribution is 7.08. The molecule has 0 saturated heterocycles. The summed E-state index contributed by atoms with van der Waals surface area (Å²) in [7, 11) is 0. The average molecular weight is 476 g/mol. The Morgan fingerprint density at radius 3 is 2.64 bits per heavy atom. The molecule has 12 heteroatoms. The molecule has 8 nitrogen and oxygen atoms in total. The Bertz CT molecular complexity index is 1250. The number of nitrogens with zero attached hydrogens (tertiary/aromatic N) is 2. The van der Waals surface area contributed by atoms with Crippen molar-refractivity contribution in [2.45, 2.75) is 19.0 Å². The fourth-order valence-corrected chi connectivity index (χ4v) is 3.49. The topological polar surface area (TPSA) is 110 Å². The average Bonchev–Trinajstić information content (AvgIpc) is 3.55. The number of amides is 2. The number of benzene rings is 1. The number of hydrogen-bond acceptors (Lipinski definition) is 7. The van der Waals surface area contributed by atoms with Gasteiger partial charge in [-0.05, 0) is 41.8 Å². The Morgan fingerprint density at radius 2 is 1.94 bits per heavy atom. The lowest BCUT2D eigenvalue weighted by Crippen LogP contribution is -2.18. The minimum atomic E-state index is -4.77. The zero-order valence-corrected chi connectivity index (χ0v) is 17.5. The summed E-state index contributed by atoms with van der Waals surface area (Å²) >= 11 is 1.46. The fraction of sp³-hybridized carbons (Fsp3) is 0.143. The molecule has 2 amide bonds. The van der Waals surface area contributed by atoms with Crippen LogP contribution in [-0.4, -0.2) is 22.0 Å². The Balaban J connectivity index is 1.42. The van der Waals surface area contributed by atoms with E-state index in [9.17, 15) is 22.8 Å². The van der Waals surface area contributed by atoms with Gasteiger partial charge in [0.25, 0.3) is 5.91 Å². The van der Waals surface area contributed by atoms with Crippen LogP contribution >= 0.6 is 11.3 Å². The number of aryl methyl sites for hydroxylation is 1. The minimum absolute atomic E-state index is 0.0517. The van der Waals surface area contributed by atoms with Crippen molar-refractivity contribution >= 4 is 34.5 Å². The molecule has 0 aliphatic heterocycles. The molecule has 33 heavy (non-hydrogen) atoms. The van der Waals surface area contributed by atoms with Gasteiger partial charge in [0, 0.05) is 29.5 Å². The molecule has 2 N–H and O–H groups in total. The Kier molecular flexibility index (Phi) is 6.27. The van der Waals surface area contributed by atoms with Crippen molar-refractivity contribution in [1.29, 1.82) is 0 Å². The highest BCUT2D eigenvalue weighted by Gasteiger charge is 2.34. The highest BCUT2D eigenvalue weighted by Crippen LogP contribution is 2.37. The molecule has 0 fully saturated rings. The molecule has 0 aliphatic rings. The minimum Gasteiger partial charge on any atom is -0.459 e. The van der Waals surface area contributed by atoms with Crippen LogP contribution in [0.3, 0.4) is 0 Å². The normalized spacial score (nSPS) is 11.4. The van der Waals surface area contributed by atoms with Gasteiger partial charge in [0.15, 0.2) is 5.76 Å². The van der Waals surface area contributed by atoms with Crippen molar-refractivity contribution in [1.82, 2.24) is 10.2 Å². The van der Waals surface area contributed by atoms with Crippen LogP contribution in [0.15, 0.2) is 62.3 Å². The predicted octanol–water partition coefficient (Wildman–Crippen LogP) is 5.23. The van der Waals surface area contributed by atoms with Gasteiger partial charge in [0.2, 0.25) is 17.7 Å². The van der Waals surface area contributed by atoms with E-state index in [2.05, 4.69) is 20.8 Å². The van der Waals surface area contributed by atoms with E-state index in [0.717, 1.165) is 17.7 Å². The molecule has 170 valence electrons. The van der Waals surface area contributed by atoms with Crippen LogP contribution in [0.2, 0.25) is 0 Å². The SMILES string of the molecule is O=C(CCc1nnc(-c2ccsc2)o1)Nc1ccc(NC(=O)c2ccco2)cc1C(F)(F)F. The number of furan rings is 1. The van der Waals surface area contributed by atoms with Gasteiger partial charge >= 0.3 is 6.18 Å². The van der Waals surface area contributed by atoms with Crippen molar-refractivity contribution < 1.29 is 31.6 Å². The van der Waals surface area contributed by atoms with E-state index in [1.54, 1.807) is 6.07 Å². The van der Waals surface area contributed by atoms with Gasteiger partial charge in [0.05, 0.1) is 17.5 Å². The number of halogens is 3. The number of carbonyl (C=O) groups is 2. The second-order valence-corrected chi connectivity index (χ2v) is 7.53. The number of alkyl halides is 3. The molecule has 0 spiro atoms. The van der Waals surface area contributed by atoms with Crippen LogP contribution in [-0.2, 0) is 17.4 Å². The van der Waals surface area contributed by atoms with E-state index in [1.165, 1.54) is 35.8 Å². The molecular formula is C21H15F3N4O4S. The van der Waals surface area contributed by atoms with Gasteiger partial charge in [-0.1, -0.05) is 0 Å². The van der Waals surface area contributed by atoms with E-state index in [1.807, 2.05) is 10.8 Å². The molecular weight excluding hydrogens is 461 g/mol. The summed E-state index contributed by atoms with van der Waals surface area (Å²) in [5.41, 5.74) is -0.899. The molecule has 0 saturated carbocycles. The summed E-state index contributed by atoms with van der Waals surface area (Å²) < 4.78 is 51.1. The van der Waals surface area contributed by atoms with Crippen molar-refractivity contribution in [2.75, 3.05) is 10.6 Å². The van der Waals surface area contributed by atoms with Crippen molar-refractivity contribution in [2.24, 2.45) is 0 Å². The highest BCUT2D eigenvalue weighted by atomic mass is 32.1. The zero-order chi connectivity index (χ0) is 23.4. The van der Waals surface area contributed by atoms with Crippen LogP contribution in [0.5, 0.6) is 0 Å². The second kappa shape index (κ2) is 9.28. The predicted molar refractivity (Wildman–Crippen MR) is 113 cm³/mol. The fourth-order valence-electron chi connectivity index (χ4n) is 2.86. The van der Waals surface area contributed by atoms with E-state index < -0.39 is 29.2 Å². The first-order valence-electron chi connectivity index (χ1n) is 9.50. The molecule has 0 bridgehead atoms. The van der Waals surface area contributed by atoms with Gasteiger partial charge in [-0.15, -0.1) is 10.2 Å². The molecule has 0 radical (unpaired) electrons. The Labute approximate surface area is 188 Å². The van der Waals surface area contributed by atoms with E-state index in [4.69, 9.17) is 8.83 Å². The van der Waals surface area contributed by atoms with E-state index in [0.29, 0.717) is 5.89 Å².